The predicted molar refractivity (Wildman–Crippen MR) is 87.7 cm³/mol. The molecule has 0 aromatic carbocycles. The van der Waals surface area contributed by atoms with Gasteiger partial charge < -0.3 is 5.32 Å². The zero-order valence-electron chi connectivity index (χ0n) is 12.4. The maximum atomic E-state index is 4.64. The van der Waals surface area contributed by atoms with Crippen molar-refractivity contribution in [2.75, 3.05) is 6.54 Å². The Hall–Kier alpha value is -1.20. The molecule has 1 N–H and O–H groups in total. The summed E-state index contributed by atoms with van der Waals surface area (Å²) in [4.78, 5) is 9.23. The highest BCUT2D eigenvalue weighted by molar-refractivity contribution is 9.10. The summed E-state index contributed by atoms with van der Waals surface area (Å²) < 4.78 is 3.21. The van der Waals surface area contributed by atoms with Crippen molar-refractivity contribution < 1.29 is 0 Å². The van der Waals surface area contributed by atoms with Crippen LogP contribution in [0.2, 0.25) is 0 Å². The van der Waals surface area contributed by atoms with Crippen LogP contribution in [0.25, 0.3) is 5.82 Å². The lowest BCUT2D eigenvalue weighted by molar-refractivity contribution is 0.647. The Morgan fingerprint density at radius 1 is 1.29 bits per heavy atom. The molecule has 1 aliphatic carbocycles. The van der Waals surface area contributed by atoms with E-state index in [1.807, 2.05) is 12.5 Å². The summed E-state index contributed by atoms with van der Waals surface area (Å²) in [6.45, 7) is 4.04. The van der Waals surface area contributed by atoms with Crippen LogP contribution in [-0.4, -0.2) is 21.1 Å². The third-order valence-corrected chi connectivity index (χ3v) is 4.34. The molecule has 4 nitrogen and oxygen atoms in total. The summed E-state index contributed by atoms with van der Waals surface area (Å²) >= 11 is 3.53. The van der Waals surface area contributed by atoms with Gasteiger partial charge in [-0.05, 0) is 60.6 Å². The number of nitrogens with zero attached hydrogens (tertiary/aromatic N) is 3. The van der Waals surface area contributed by atoms with E-state index in [9.17, 15) is 0 Å². The second kappa shape index (κ2) is 6.71. The molecule has 5 heteroatoms. The molecule has 0 atom stereocenters. The molecule has 3 rings (SSSR count). The van der Waals surface area contributed by atoms with E-state index in [1.165, 1.54) is 29.8 Å². The first-order valence-corrected chi connectivity index (χ1v) is 8.49. The third-order valence-electron chi connectivity index (χ3n) is 3.91. The van der Waals surface area contributed by atoms with Gasteiger partial charge in [0.25, 0.3) is 0 Å². The van der Waals surface area contributed by atoms with Crippen LogP contribution in [0.3, 0.4) is 0 Å². The smallest absolute Gasteiger partial charge is 0.142 e. The van der Waals surface area contributed by atoms with Crippen molar-refractivity contribution in [2.45, 2.75) is 45.6 Å². The van der Waals surface area contributed by atoms with Crippen LogP contribution in [0.5, 0.6) is 0 Å². The van der Waals surface area contributed by atoms with Crippen molar-refractivity contribution >= 4 is 15.9 Å². The fourth-order valence-electron chi connectivity index (χ4n) is 2.87. The lowest BCUT2D eigenvalue weighted by Crippen LogP contribution is -2.17. The minimum Gasteiger partial charge on any atom is -0.313 e. The van der Waals surface area contributed by atoms with Gasteiger partial charge in [0.15, 0.2) is 0 Å². The van der Waals surface area contributed by atoms with Crippen LogP contribution in [0.4, 0.5) is 0 Å². The average molecular weight is 349 g/mol. The van der Waals surface area contributed by atoms with E-state index in [0.717, 1.165) is 42.6 Å². The molecule has 0 fully saturated rings. The second-order valence-electron chi connectivity index (χ2n) is 5.53. The highest BCUT2D eigenvalue weighted by atomic mass is 79.9. The van der Waals surface area contributed by atoms with E-state index < -0.39 is 0 Å². The van der Waals surface area contributed by atoms with E-state index in [2.05, 4.69) is 48.8 Å². The Balaban J connectivity index is 1.95. The number of nitrogens with one attached hydrogen (secondary N) is 1. The minimum absolute atomic E-state index is 0.836. The van der Waals surface area contributed by atoms with Crippen molar-refractivity contribution in [1.29, 1.82) is 0 Å². The Morgan fingerprint density at radius 3 is 3.00 bits per heavy atom. The topological polar surface area (TPSA) is 42.7 Å². The number of fused-ring (bicyclic) bond motifs is 1. The summed E-state index contributed by atoms with van der Waals surface area (Å²) in [6.07, 6.45) is 9.65. The molecule has 0 amide bonds. The molecule has 0 radical (unpaired) electrons. The lowest BCUT2D eigenvalue weighted by Gasteiger charge is -2.16. The minimum atomic E-state index is 0.836. The number of aryl methyl sites for hydroxylation is 1. The first-order chi connectivity index (χ1) is 10.3. The summed E-state index contributed by atoms with van der Waals surface area (Å²) in [7, 11) is 0. The molecule has 0 spiro atoms. The average Bonchev–Trinajstić information content (AvgIpc) is 2.92. The van der Waals surface area contributed by atoms with Crippen LogP contribution in [0.15, 0.2) is 23.1 Å². The van der Waals surface area contributed by atoms with Crippen molar-refractivity contribution in [1.82, 2.24) is 19.9 Å². The van der Waals surface area contributed by atoms with Crippen LogP contribution >= 0.6 is 15.9 Å². The van der Waals surface area contributed by atoms with Crippen LogP contribution in [0.1, 0.15) is 43.1 Å². The normalized spacial score (nSPS) is 14.2. The van der Waals surface area contributed by atoms with Crippen molar-refractivity contribution in [3.63, 3.8) is 0 Å². The van der Waals surface area contributed by atoms with E-state index in [0.29, 0.717) is 0 Å². The van der Waals surface area contributed by atoms with E-state index in [1.54, 1.807) is 0 Å². The molecule has 0 unspecified atom stereocenters. The van der Waals surface area contributed by atoms with Gasteiger partial charge in [-0.3, -0.25) is 4.57 Å². The zero-order valence-corrected chi connectivity index (χ0v) is 14.0. The monoisotopic (exact) mass is 348 g/mol. The molecule has 2 aromatic heterocycles. The third kappa shape index (κ3) is 3.19. The van der Waals surface area contributed by atoms with E-state index in [4.69, 9.17) is 0 Å². The largest absolute Gasteiger partial charge is 0.313 e. The Labute approximate surface area is 134 Å². The van der Waals surface area contributed by atoms with Gasteiger partial charge in [0.2, 0.25) is 0 Å². The van der Waals surface area contributed by atoms with Crippen molar-refractivity contribution in [3.8, 4) is 5.82 Å². The molecule has 112 valence electrons. The first-order valence-electron chi connectivity index (χ1n) is 7.70. The lowest BCUT2D eigenvalue weighted by atomic mass is 10.0. The molecule has 2 heterocycles. The number of hydrogen-bond acceptors (Lipinski definition) is 3. The summed E-state index contributed by atoms with van der Waals surface area (Å²) in [5, 5.41) is 3.47. The number of pyridine rings is 1. The standard InChI is InChI=1S/C16H21BrN4/c1-2-7-18-9-12-8-13(17)10-19-16(12)21-11-20-14-5-3-4-6-15(14)21/h8,10-11,18H,2-7,9H2,1H3. The van der Waals surface area contributed by atoms with Crippen LogP contribution < -0.4 is 5.32 Å². The number of imidazole rings is 1. The molecule has 0 saturated heterocycles. The molecule has 2 aromatic rings. The maximum Gasteiger partial charge on any atom is 0.142 e. The predicted octanol–water partition coefficient (Wildman–Crippen LogP) is 3.41. The van der Waals surface area contributed by atoms with Gasteiger partial charge in [0.1, 0.15) is 12.1 Å². The van der Waals surface area contributed by atoms with E-state index in [-0.39, 0.29) is 0 Å². The molecule has 1 aliphatic rings. The molecule has 0 aliphatic heterocycles. The molecule has 0 bridgehead atoms. The Bertz CT molecular complexity index is 621. The van der Waals surface area contributed by atoms with Crippen molar-refractivity contribution in [2.24, 2.45) is 0 Å². The second-order valence-corrected chi connectivity index (χ2v) is 6.44. The van der Waals surface area contributed by atoms with Gasteiger partial charge in [0, 0.05) is 28.5 Å². The van der Waals surface area contributed by atoms with Crippen LogP contribution in [0, 0.1) is 0 Å². The summed E-state index contributed by atoms with van der Waals surface area (Å²) in [5.74, 6) is 1.01. The first kappa shape index (κ1) is 14.7. The fourth-order valence-corrected chi connectivity index (χ4v) is 3.25. The van der Waals surface area contributed by atoms with Gasteiger partial charge in [0.05, 0.1) is 5.69 Å². The van der Waals surface area contributed by atoms with Crippen LogP contribution in [-0.2, 0) is 19.4 Å². The summed E-state index contributed by atoms with van der Waals surface area (Å²) in [6, 6.07) is 2.15. The fraction of sp³-hybridized carbons (Fsp3) is 0.500. The molecular formula is C16H21BrN4. The molecular weight excluding hydrogens is 328 g/mol. The van der Waals surface area contributed by atoms with Gasteiger partial charge in [-0.1, -0.05) is 6.92 Å². The number of rotatable bonds is 5. The highest BCUT2D eigenvalue weighted by Gasteiger charge is 2.18. The Morgan fingerprint density at radius 2 is 2.14 bits per heavy atom. The number of aromatic nitrogens is 3. The van der Waals surface area contributed by atoms with Crippen molar-refractivity contribution in [3.05, 3.63) is 40.0 Å². The molecule has 21 heavy (non-hydrogen) atoms. The van der Waals surface area contributed by atoms with E-state index >= 15 is 0 Å². The number of halogens is 1. The SMILES string of the molecule is CCCNCc1cc(Br)cnc1-n1cnc2c1CCCC2. The number of hydrogen-bond donors (Lipinski definition) is 1. The molecule has 0 saturated carbocycles. The highest BCUT2D eigenvalue weighted by Crippen LogP contribution is 2.25. The quantitative estimate of drug-likeness (QED) is 0.842. The Kier molecular flexibility index (Phi) is 4.70. The maximum absolute atomic E-state index is 4.64. The summed E-state index contributed by atoms with van der Waals surface area (Å²) in [5.41, 5.74) is 3.80. The zero-order chi connectivity index (χ0) is 14.7. The van der Waals surface area contributed by atoms with Gasteiger partial charge in [-0.25, -0.2) is 9.97 Å². The van der Waals surface area contributed by atoms with Gasteiger partial charge in [-0.15, -0.1) is 0 Å². The van der Waals surface area contributed by atoms with Gasteiger partial charge >= 0.3 is 0 Å². The van der Waals surface area contributed by atoms with Gasteiger partial charge in [-0.2, -0.15) is 0 Å².